The molecular weight excluding hydrogens is 372 g/mol. The van der Waals surface area contributed by atoms with Crippen LogP contribution < -0.4 is 4.74 Å². The van der Waals surface area contributed by atoms with Gasteiger partial charge in [-0.15, -0.1) is 0 Å². The van der Waals surface area contributed by atoms with Gasteiger partial charge >= 0.3 is 0 Å². The first-order chi connectivity index (χ1) is 13.7. The zero-order valence-electron chi connectivity index (χ0n) is 17.3. The van der Waals surface area contributed by atoms with Gasteiger partial charge in [-0.3, -0.25) is 20.0 Å². The molecule has 0 aliphatic carbocycles. The number of allylic oxidation sites excluding steroid dienone is 3. The van der Waals surface area contributed by atoms with Crippen LogP contribution in [0.1, 0.15) is 46.1 Å². The Morgan fingerprint density at radius 3 is 2.38 bits per heavy atom. The summed E-state index contributed by atoms with van der Waals surface area (Å²) >= 11 is 0. The third-order valence-electron chi connectivity index (χ3n) is 4.54. The van der Waals surface area contributed by atoms with Gasteiger partial charge in [-0.25, -0.2) is 5.06 Å². The number of amides is 2. The number of rotatable bonds is 7. The minimum absolute atomic E-state index is 0.271. The van der Waals surface area contributed by atoms with E-state index in [0.717, 1.165) is 12.8 Å². The maximum Gasteiger partial charge on any atom is 0.297 e. The molecule has 0 aromatic heterocycles. The van der Waals surface area contributed by atoms with Crippen molar-refractivity contribution in [1.82, 2.24) is 10.1 Å². The van der Waals surface area contributed by atoms with E-state index < -0.39 is 17.9 Å². The van der Waals surface area contributed by atoms with Crippen LogP contribution in [0.5, 0.6) is 5.75 Å². The summed E-state index contributed by atoms with van der Waals surface area (Å²) in [7, 11) is 0. The number of nitrogens with zero attached hydrogens (tertiary/aromatic N) is 2. The highest BCUT2D eigenvalue weighted by Crippen LogP contribution is 2.21. The molecule has 1 heterocycles. The monoisotopic (exact) mass is 400 g/mol. The molecule has 156 valence electrons. The van der Waals surface area contributed by atoms with Gasteiger partial charge in [-0.1, -0.05) is 29.4 Å². The normalized spacial score (nSPS) is 19.0. The van der Waals surface area contributed by atoms with E-state index in [0.29, 0.717) is 23.0 Å². The van der Waals surface area contributed by atoms with Crippen LogP contribution in [0.3, 0.4) is 0 Å². The van der Waals surface area contributed by atoms with Crippen LogP contribution in [0.2, 0.25) is 0 Å². The van der Waals surface area contributed by atoms with Gasteiger partial charge in [0.2, 0.25) is 0 Å². The molecule has 29 heavy (non-hydrogen) atoms. The van der Waals surface area contributed by atoms with Gasteiger partial charge in [0.25, 0.3) is 11.8 Å². The minimum atomic E-state index is -1.14. The van der Waals surface area contributed by atoms with Crippen LogP contribution in [-0.4, -0.2) is 45.0 Å². The first kappa shape index (κ1) is 22.4. The van der Waals surface area contributed by atoms with Gasteiger partial charge in [-0.2, -0.15) is 5.06 Å². The second kappa shape index (κ2) is 10.0. The lowest BCUT2D eigenvalue weighted by Gasteiger charge is -2.32. The molecule has 2 N–H and O–H groups in total. The summed E-state index contributed by atoms with van der Waals surface area (Å²) in [5.74, 6) is -0.983. The van der Waals surface area contributed by atoms with Gasteiger partial charge < -0.3 is 4.74 Å². The van der Waals surface area contributed by atoms with Crippen molar-refractivity contribution < 1.29 is 24.7 Å². The molecule has 0 bridgehead atoms. The van der Waals surface area contributed by atoms with Crippen molar-refractivity contribution in [3.05, 3.63) is 58.8 Å². The van der Waals surface area contributed by atoms with Crippen LogP contribution in [0.15, 0.2) is 53.3 Å². The Balaban J connectivity index is 1.98. The van der Waals surface area contributed by atoms with Gasteiger partial charge in [0.05, 0.1) is 0 Å². The van der Waals surface area contributed by atoms with Crippen LogP contribution in [0.4, 0.5) is 0 Å². The van der Waals surface area contributed by atoms with Crippen LogP contribution in [0, 0.1) is 0 Å². The predicted octanol–water partition coefficient (Wildman–Crippen LogP) is 3.94. The Labute approximate surface area is 171 Å². The highest BCUT2D eigenvalue weighted by Gasteiger charge is 2.39. The summed E-state index contributed by atoms with van der Waals surface area (Å²) in [6.07, 6.45) is 7.58. The first-order valence-corrected chi connectivity index (χ1v) is 9.49. The number of ether oxygens (including phenoxy) is 1. The lowest BCUT2D eigenvalue weighted by Crippen LogP contribution is -2.54. The maximum absolute atomic E-state index is 12.1. The van der Waals surface area contributed by atoms with Crippen molar-refractivity contribution >= 4 is 17.9 Å². The second-order valence-electron chi connectivity index (χ2n) is 7.26. The van der Waals surface area contributed by atoms with Crippen molar-refractivity contribution in [3.63, 3.8) is 0 Å². The Morgan fingerprint density at radius 2 is 1.76 bits per heavy atom. The molecule has 1 aromatic rings. The smallest absolute Gasteiger partial charge is 0.297 e. The third-order valence-corrected chi connectivity index (χ3v) is 4.54. The largest absolute Gasteiger partial charge is 0.490 e. The van der Waals surface area contributed by atoms with Gasteiger partial charge in [0.15, 0.2) is 0 Å². The average Bonchev–Trinajstić information content (AvgIpc) is 2.69. The summed E-state index contributed by atoms with van der Waals surface area (Å²) in [6.45, 7) is 8.02. The van der Waals surface area contributed by atoms with Crippen molar-refractivity contribution in [2.75, 3.05) is 6.61 Å². The van der Waals surface area contributed by atoms with Crippen molar-refractivity contribution in [2.24, 2.45) is 0 Å². The number of piperazine rings is 1. The van der Waals surface area contributed by atoms with Crippen molar-refractivity contribution in [3.8, 4) is 5.75 Å². The van der Waals surface area contributed by atoms with Crippen molar-refractivity contribution in [1.29, 1.82) is 0 Å². The van der Waals surface area contributed by atoms with E-state index in [2.05, 4.69) is 26.8 Å². The highest BCUT2D eigenvalue weighted by atomic mass is 16.5. The SMILES string of the molecule is CC(C)=CCC/C(C)=C/COc1ccc(/C=C2/C(=O)N(O)[C@H](C)C(=O)N2O)cc1. The summed E-state index contributed by atoms with van der Waals surface area (Å²) in [4.78, 5) is 24.0. The summed E-state index contributed by atoms with van der Waals surface area (Å²) in [5.41, 5.74) is 2.83. The topological polar surface area (TPSA) is 90.3 Å². The van der Waals surface area contributed by atoms with E-state index >= 15 is 0 Å². The molecule has 0 saturated carbocycles. The summed E-state index contributed by atoms with van der Waals surface area (Å²) in [6, 6.07) is 5.71. The number of hydroxylamine groups is 4. The zero-order chi connectivity index (χ0) is 21.6. The van der Waals surface area contributed by atoms with E-state index in [4.69, 9.17) is 4.74 Å². The molecule has 7 nitrogen and oxygen atoms in total. The van der Waals surface area contributed by atoms with E-state index in [1.54, 1.807) is 24.3 Å². The molecule has 2 amide bonds. The number of carbonyl (C=O) groups excluding carboxylic acids is 2. The molecule has 1 aliphatic heterocycles. The van der Waals surface area contributed by atoms with Crippen LogP contribution >= 0.6 is 0 Å². The zero-order valence-corrected chi connectivity index (χ0v) is 17.3. The minimum Gasteiger partial charge on any atom is -0.490 e. The van der Waals surface area contributed by atoms with Gasteiger partial charge in [-0.05, 0) is 70.4 Å². The molecule has 0 unspecified atom stereocenters. The summed E-state index contributed by atoms with van der Waals surface area (Å²) in [5, 5.41) is 20.2. The summed E-state index contributed by atoms with van der Waals surface area (Å²) < 4.78 is 5.70. The predicted molar refractivity (Wildman–Crippen MR) is 109 cm³/mol. The van der Waals surface area contributed by atoms with Gasteiger partial charge in [0.1, 0.15) is 24.1 Å². The first-order valence-electron chi connectivity index (χ1n) is 9.49. The standard InChI is InChI=1S/C22H28N2O5/c1-15(2)6-5-7-16(3)12-13-29-19-10-8-18(9-11-19)14-20-22(26)23(27)17(4)21(25)24(20)28/h6,8-12,14,17,27-28H,5,7,13H2,1-4H3/b16-12+,20-14-/t17-/m1/s1. The Bertz CT molecular complexity index is 835. The molecule has 1 fully saturated rings. The fraction of sp³-hybridized carbons (Fsp3) is 0.364. The molecule has 7 heteroatoms. The van der Waals surface area contributed by atoms with Crippen LogP contribution in [-0.2, 0) is 9.59 Å². The van der Waals surface area contributed by atoms with Crippen LogP contribution in [0.25, 0.3) is 6.08 Å². The molecule has 2 rings (SSSR count). The number of hydrogen-bond acceptors (Lipinski definition) is 5. The van der Waals surface area contributed by atoms with E-state index in [-0.39, 0.29) is 10.8 Å². The molecule has 1 atom stereocenters. The quantitative estimate of drug-likeness (QED) is 0.411. The Hall–Kier alpha value is -2.90. The maximum atomic E-state index is 12.1. The number of hydrogen-bond donors (Lipinski definition) is 2. The fourth-order valence-electron chi connectivity index (χ4n) is 2.70. The third kappa shape index (κ3) is 6.04. The molecular formula is C22H28N2O5. The highest BCUT2D eigenvalue weighted by molar-refractivity contribution is 6.05. The average molecular weight is 400 g/mol. The lowest BCUT2D eigenvalue weighted by molar-refractivity contribution is -0.205. The number of carbonyl (C=O) groups is 2. The lowest BCUT2D eigenvalue weighted by atomic mass is 10.1. The van der Waals surface area contributed by atoms with E-state index in [9.17, 15) is 20.0 Å². The molecule has 0 spiro atoms. The van der Waals surface area contributed by atoms with E-state index in [1.165, 1.54) is 24.1 Å². The Kier molecular flexibility index (Phi) is 7.75. The second-order valence-corrected chi connectivity index (χ2v) is 7.26. The molecule has 1 saturated heterocycles. The van der Waals surface area contributed by atoms with Gasteiger partial charge in [0, 0.05) is 0 Å². The molecule has 1 aromatic carbocycles. The van der Waals surface area contributed by atoms with Crippen molar-refractivity contribution in [2.45, 2.75) is 46.6 Å². The number of benzene rings is 1. The Morgan fingerprint density at radius 1 is 1.10 bits per heavy atom. The molecule has 1 aliphatic rings. The molecule has 0 radical (unpaired) electrons. The fourth-order valence-corrected chi connectivity index (χ4v) is 2.70. The van der Waals surface area contributed by atoms with E-state index in [1.807, 2.05) is 6.08 Å².